The molecule has 5 nitrogen and oxygen atoms in total. The number of aryl methyl sites for hydroxylation is 1. The lowest BCUT2D eigenvalue weighted by Crippen LogP contribution is -2.43. The maximum atomic E-state index is 13.0. The number of benzene rings is 2. The van der Waals surface area contributed by atoms with Crippen molar-refractivity contribution in [1.29, 1.82) is 0 Å². The first kappa shape index (κ1) is 20.5. The van der Waals surface area contributed by atoms with E-state index in [4.69, 9.17) is 9.47 Å². The maximum absolute atomic E-state index is 13.0. The largest absolute Gasteiger partial charge is 0.510 e. The molecule has 2 aliphatic rings. The van der Waals surface area contributed by atoms with E-state index in [0.29, 0.717) is 12.3 Å². The smallest absolute Gasteiger partial charge is 0.429 e. The zero-order valence-electron chi connectivity index (χ0n) is 17.2. The molecule has 1 heterocycles. The monoisotopic (exact) mass is 407 g/mol. The summed E-state index contributed by atoms with van der Waals surface area (Å²) in [5, 5.41) is 0. The van der Waals surface area contributed by atoms with Gasteiger partial charge >= 0.3 is 6.16 Å². The number of ether oxygens (including phenoxy) is 2. The van der Waals surface area contributed by atoms with Crippen molar-refractivity contribution in [2.45, 2.75) is 63.8 Å². The van der Waals surface area contributed by atoms with Crippen LogP contribution in [0.2, 0.25) is 0 Å². The summed E-state index contributed by atoms with van der Waals surface area (Å²) in [6, 6.07) is 19.9. The molecule has 158 valence electrons. The predicted molar refractivity (Wildman–Crippen MR) is 113 cm³/mol. The molecule has 0 radical (unpaired) electrons. The Morgan fingerprint density at radius 2 is 1.63 bits per heavy atom. The van der Waals surface area contributed by atoms with Gasteiger partial charge in [0.1, 0.15) is 6.61 Å². The first-order valence-electron chi connectivity index (χ1n) is 10.9. The number of carbonyl (C=O) groups excluding carboxylic acids is 2. The standard InChI is InChI=1S/C25H29NO4/c27-23(16-7-13-19-9-3-1-4-10-19)26-22-15-8-14-21(22)17-24(26)30-25(28)29-18-20-11-5-2-6-12-20/h1-6,9-12,21-22,24H,7-8,13-18H2/t21-,22-,24-/m0/s1. The SMILES string of the molecule is O=C(OCc1ccccc1)O[C@H]1C[C@@H]2CCC[C@@H]2N1C(=O)CCCc1ccccc1. The number of likely N-dealkylation sites (tertiary alicyclic amines) is 1. The third kappa shape index (κ3) is 5.02. The van der Waals surface area contributed by atoms with Crippen molar-refractivity contribution in [1.82, 2.24) is 4.90 Å². The molecule has 2 aromatic carbocycles. The minimum Gasteiger partial charge on any atom is -0.429 e. The van der Waals surface area contributed by atoms with E-state index in [0.717, 1.165) is 44.1 Å². The van der Waals surface area contributed by atoms with E-state index in [1.807, 2.05) is 53.4 Å². The Morgan fingerprint density at radius 1 is 0.933 bits per heavy atom. The molecule has 5 heteroatoms. The van der Waals surface area contributed by atoms with Crippen molar-refractivity contribution in [2.24, 2.45) is 5.92 Å². The van der Waals surface area contributed by atoms with Crippen LogP contribution >= 0.6 is 0 Å². The molecular formula is C25H29NO4. The molecule has 4 rings (SSSR count). The Hall–Kier alpha value is -2.82. The molecule has 1 aliphatic heterocycles. The van der Waals surface area contributed by atoms with Crippen LogP contribution in [0.5, 0.6) is 0 Å². The maximum Gasteiger partial charge on any atom is 0.510 e. The second-order valence-electron chi connectivity index (χ2n) is 8.23. The summed E-state index contributed by atoms with van der Waals surface area (Å²) in [5.74, 6) is 0.510. The van der Waals surface area contributed by atoms with Crippen molar-refractivity contribution < 1.29 is 19.1 Å². The fourth-order valence-electron chi connectivity index (χ4n) is 4.77. The van der Waals surface area contributed by atoms with E-state index in [1.165, 1.54) is 5.56 Å². The average Bonchev–Trinajstić information content (AvgIpc) is 3.34. The quantitative estimate of drug-likeness (QED) is 0.600. The topological polar surface area (TPSA) is 55.8 Å². The van der Waals surface area contributed by atoms with Gasteiger partial charge < -0.3 is 14.4 Å². The number of fused-ring (bicyclic) bond motifs is 1. The molecule has 1 saturated carbocycles. The minimum absolute atomic E-state index is 0.0844. The minimum atomic E-state index is -0.703. The van der Waals surface area contributed by atoms with Crippen LogP contribution in [0, 0.1) is 5.92 Å². The summed E-state index contributed by atoms with van der Waals surface area (Å²) in [7, 11) is 0. The fourth-order valence-corrected chi connectivity index (χ4v) is 4.77. The lowest BCUT2D eigenvalue weighted by Gasteiger charge is -2.29. The molecule has 1 aliphatic carbocycles. The Bertz CT molecular complexity index is 839. The Kier molecular flexibility index (Phi) is 6.67. The molecule has 0 spiro atoms. The number of nitrogens with zero attached hydrogens (tertiary/aromatic N) is 1. The van der Waals surface area contributed by atoms with Crippen molar-refractivity contribution in [3.05, 3.63) is 71.8 Å². The third-order valence-electron chi connectivity index (χ3n) is 6.21. The highest BCUT2D eigenvalue weighted by atomic mass is 16.7. The molecule has 0 bridgehead atoms. The highest BCUT2D eigenvalue weighted by molar-refractivity contribution is 5.77. The lowest BCUT2D eigenvalue weighted by atomic mass is 10.0. The molecule has 1 amide bonds. The van der Waals surface area contributed by atoms with Crippen molar-refractivity contribution in [3.8, 4) is 0 Å². The van der Waals surface area contributed by atoms with Gasteiger partial charge in [0.25, 0.3) is 0 Å². The third-order valence-corrected chi connectivity index (χ3v) is 6.21. The molecule has 0 N–H and O–H groups in total. The van der Waals surface area contributed by atoms with Gasteiger partial charge in [-0.15, -0.1) is 0 Å². The lowest BCUT2D eigenvalue weighted by molar-refractivity contribution is -0.142. The number of hydrogen-bond donors (Lipinski definition) is 0. The van der Waals surface area contributed by atoms with Gasteiger partial charge in [0.05, 0.1) is 0 Å². The van der Waals surface area contributed by atoms with Crippen LogP contribution in [0.1, 0.15) is 49.7 Å². The van der Waals surface area contributed by atoms with Crippen LogP contribution in [0.4, 0.5) is 4.79 Å². The van der Waals surface area contributed by atoms with E-state index in [1.54, 1.807) is 0 Å². The van der Waals surface area contributed by atoms with E-state index >= 15 is 0 Å². The summed E-state index contributed by atoms with van der Waals surface area (Å²) in [6.07, 6.45) is 4.87. The van der Waals surface area contributed by atoms with Crippen molar-refractivity contribution in [2.75, 3.05) is 0 Å². The molecular weight excluding hydrogens is 378 g/mol. The number of amides is 1. The van der Waals surface area contributed by atoms with Gasteiger partial charge in [-0.25, -0.2) is 4.79 Å². The summed E-state index contributed by atoms with van der Waals surface area (Å²) in [5.41, 5.74) is 2.15. The van der Waals surface area contributed by atoms with Gasteiger partial charge in [-0.1, -0.05) is 67.1 Å². The summed E-state index contributed by atoms with van der Waals surface area (Å²) in [6.45, 7) is 0.171. The van der Waals surface area contributed by atoms with Gasteiger partial charge in [-0.05, 0) is 42.7 Å². The zero-order chi connectivity index (χ0) is 20.8. The molecule has 0 unspecified atom stereocenters. The van der Waals surface area contributed by atoms with Crippen LogP contribution in [0.3, 0.4) is 0 Å². The van der Waals surface area contributed by atoms with Crippen molar-refractivity contribution >= 4 is 12.1 Å². The molecule has 2 fully saturated rings. The fraction of sp³-hybridized carbons (Fsp3) is 0.440. The van der Waals surface area contributed by atoms with E-state index in [9.17, 15) is 9.59 Å². The summed E-state index contributed by atoms with van der Waals surface area (Å²) >= 11 is 0. The van der Waals surface area contributed by atoms with Crippen LogP contribution in [0.25, 0.3) is 0 Å². The highest BCUT2D eigenvalue weighted by Gasteiger charge is 2.47. The highest BCUT2D eigenvalue weighted by Crippen LogP contribution is 2.42. The van der Waals surface area contributed by atoms with Gasteiger partial charge in [0.15, 0.2) is 6.23 Å². The molecule has 3 atom stereocenters. The van der Waals surface area contributed by atoms with Crippen LogP contribution in [-0.4, -0.2) is 29.2 Å². The normalized spacial score (nSPS) is 22.5. The van der Waals surface area contributed by atoms with Crippen molar-refractivity contribution in [3.63, 3.8) is 0 Å². The summed E-state index contributed by atoms with van der Waals surface area (Å²) in [4.78, 5) is 27.2. The van der Waals surface area contributed by atoms with Crippen LogP contribution in [-0.2, 0) is 27.3 Å². The molecule has 2 aromatic rings. The van der Waals surface area contributed by atoms with Crippen LogP contribution in [0.15, 0.2) is 60.7 Å². The van der Waals surface area contributed by atoms with E-state index in [-0.39, 0.29) is 18.6 Å². The van der Waals surface area contributed by atoms with Crippen LogP contribution < -0.4 is 0 Å². The van der Waals surface area contributed by atoms with Gasteiger partial charge in [-0.3, -0.25) is 4.79 Å². The number of rotatable bonds is 7. The number of carbonyl (C=O) groups is 2. The Labute approximate surface area is 178 Å². The second-order valence-corrected chi connectivity index (χ2v) is 8.23. The summed E-state index contributed by atoms with van der Waals surface area (Å²) < 4.78 is 10.9. The Morgan fingerprint density at radius 3 is 2.37 bits per heavy atom. The van der Waals surface area contributed by atoms with Gasteiger partial charge in [0, 0.05) is 18.9 Å². The average molecular weight is 408 g/mol. The molecule has 30 heavy (non-hydrogen) atoms. The molecule has 1 saturated heterocycles. The van der Waals surface area contributed by atoms with Gasteiger partial charge in [-0.2, -0.15) is 0 Å². The van der Waals surface area contributed by atoms with E-state index in [2.05, 4.69) is 12.1 Å². The number of hydrogen-bond acceptors (Lipinski definition) is 4. The first-order valence-corrected chi connectivity index (χ1v) is 10.9. The molecule has 0 aromatic heterocycles. The zero-order valence-corrected chi connectivity index (χ0v) is 17.2. The first-order chi connectivity index (χ1) is 14.7. The van der Waals surface area contributed by atoms with Gasteiger partial charge in [0.2, 0.25) is 5.91 Å². The predicted octanol–water partition coefficient (Wildman–Crippen LogP) is 5.09. The second kappa shape index (κ2) is 9.79. The Balaban J connectivity index is 1.32. The van der Waals surface area contributed by atoms with E-state index < -0.39 is 12.4 Å².